The molecule has 0 aromatic rings. The van der Waals surface area contributed by atoms with Crippen LogP contribution in [0, 0.1) is 5.92 Å². The van der Waals surface area contributed by atoms with Gasteiger partial charge in [-0.3, -0.25) is 9.59 Å². The Morgan fingerprint density at radius 3 is 2.31 bits per heavy atom. The molecule has 1 N–H and O–H groups in total. The number of hydrogen-bond donors (Lipinski definition) is 1. The van der Waals surface area contributed by atoms with E-state index in [2.05, 4.69) is 11.9 Å². The molecule has 0 aliphatic heterocycles. The van der Waals surface area contributed by atoms with Crippen LogP contribution in [0.2, 0.25) is 0 Å². The van der Waals surface area contributed by atoms with Crippen LogP contribution in [0.3, 0.4) is 0 Å². The van der Waals surface area contributed by atoms with Crippen molar-refractivity contribution in [2.45, 2.75) is 33.2 Å². The van der Waals surface area contributed by atoms with Crippen molar-refractivity contribution in [3.05, 3.63) is 12.7 Å². The lowest BCUT2D eigenvalue weighted by molar-refractivity contribution is -0.128. The van der Waals surface area contributed by atoms with E-state index in [1.807, 2.05) is 0 Å². The number of carbonyl (C=O) groups is 2. The molecule has 0 saturated carbocycles. The maximum atomic E-state index is 11.2. The normalized spacial score (nSPS) is 12.3. The molecule has 1 unspecified atom stereocenters. The Morgan fingerprint density at radius 1 is 1.46 bits per heavy atom. The molecule has 0 spiro atoms. The van der Waals surface area contributed by atoms with Gasteiger partial charge in [0.1, 0.15) is 0 Å². The van der Waals surface area contributed by atoms with Crippen molar-refractivity contribution in [3.63, 3.8) is 0 Å². The number of amides is 1. The third-order valence-electron chi connectivity index (χ3n) is 1.73. The summed E-state index contributed by atoms with van der Waals surface area (Å²) in [5.41, 5.74) is 0. The summed E-state index contributed by atoms with van der Waals surface area (Å²) in [4.78, 5) is 22.3. The van der Waals surface area contributed by atoms with E-state index in [1.165, 1.54) is 6.92 Å². The van der Waals surface area contributed by atoms with Gasteiger partial charge in [0.15, 0.2) is 5.78 Å². The van der Waals surface area contributed by atoms with Gasteiger partial charge in [-0.25, -0.2) is 0 Å². The summed E-state index contributed by atoms with van der Waals surface area (Å²) < 4.78 is 0. The van der Waals surface area contributed by atoms with Crippen molar-refractivity contribution in [3.8, 4) is 0 Å². The number of Topliss-reactive ketones (excluding diaryl/α,β-unsaturated/α-hetero) is 1. The molecule has 0 bridgehead atoms. The van der Waals surface area contributed by atoms with Crippen LogP contribution in [0.15, 0.2) is 12.7 Å². The van der Waals surface area contributed by atoms with Gasteiger partial charge in [0.2, 0.25) is 5.91 Å². The average molecular weight is 183 g/mol. The lowest BCUT2D eigenvalue weighted by atomic mass is 10.1. The molecule has 3 nitrogen and oxygen atoms in total. The van der Waals surface area contributed by atoms with Gasteiger partial charge in [0.25, 0.3) is 0 Å². The fourth-order valence-electron chi connectivity index (χ4n) is 0.832. The van der Waals surface area contributed by atoms with Crippen molar-refractivity contribution in [1.82, 2.24) is 5.32 Å². The molecular weight excluding hydrogens is 166 g/mol. The van der Waals surface area contributed by atoms with E-state index in [4.69, 9.17) is 0 Å². The van der Waals surface area contributed by atoms with E-state index in [0.29, 0.717) is 6.42 Å². The molecule has 0 rings (SSSR count). The molecule has 0 aromatic carbocycles. The zero-order valence-corrected chi connectivity index (χ0v) is 8.46. The molecule has 1 amide bonds. The Morgan fingerprint density at radius 2 is 2.00 bits per heavy atom. The Balaban J connectivity index is 4.17. The molecule has 74 valence electrons. The van der Waals surface area contributed by atoms with Crippen LogP contribution in [0.25, 0.3) is 0 Å². The summed E-state index contributed by atoms with van der Waals surface area (Å²) in [5, 5.41) is 2.66. The first-order chi connectivity index (χ1) is 5.99. The van der Waals surface area contributed by atoms with Crippen LogP contribution >= 0.6 is 0 Å². The summed E-state index contributed by atoms with van der Waals surface area (Å²) in [6.07, 6.45) is 2.13. The van der Waals surface area contributed by atoms with Gasteiger partial charge in [0.05, 0.1) is 6.04 Å². The Bertz CT molecular complexity index is 209. The predicted octanol–water partition coefficient (Wildman–Crippen LogP) is 1.29. The Labute approximate surface area is 79.2 Å². The highest BCUT2D eigenvalue weighted by Crippen LogP contribution is 1.98. The molecule has 0 aromatic heterocycles. The van der Waals surface area contributed by atoms with Crippen LogP contribution in [0.1, 0.15) is 27.2 Å². The first kappa shape index (κ1) is 11.9. The Kier molecular flexibility index (Phi) is 5.04. The van der Waals surface area contributed by atoms with Crippen LogP contribution < -0.4 is 5.32 Å². The highest BCUT2D eigenvalue weighted by atomic mass is 16.2. The van der Waals surface area contributed by atoms with Crippen molar-refractivity contribution < 1.29 is 9.59 Å². The first-order valence-electron chi connectivity index (χ1n) is 4.40. The van der Waals surface area contributed by atoms with E-state index in [-0.39, 0.29) is 17.6 Å². The van der Waals surface area contributed by atoms with Gasteiger partial charge in [-0.1, -0.05) is 19.9 Å². The van der Waals surface area contributed by atoms with E-state index in [0.717, 1.165) is 0 Å². The lowest BCUT2D eigenvalue weighted by Crippen LogP contribution is -2.41. The minimum atomic E-state index is -0.410. The molecule has 0 radical (unpaired) electrons. The van der Waals surface area contributed by atoms with Crippen LogP contribution in [0.5, 0.6) is 0 Å². The fourth-order valence-corrected chi connectivity index (χ4v) is 0.832. The summed E-state index contributed by atoms with van der Waals surface area (Å²) in [6.45, 7) is 8.58. The summed E-state index contributed by atoms with van der Waals surface area (Å²) in [6, 6.07) is -0.410. The van der Waals surface area contributed by atoms with Crippen LogP contribution in [-0.2, 0) is 9.59 Å². The lowest BCUT2D eigenvalue weighted by Gasteiger charge is -2.15. The van der Waals surface area contributed by atoms with Crippen LogP contribution in [-0.4, -0.2) is 17.7 Å². The topological polar surface area (TPSA) is 46.2 Å². The zero-order valence-electron chi connectivity index (χ0n) is 8.46. The largest absolute Gasteiger partial charge is 0.346 e. The van der Waals surface area contributed by atoms with Gasteiger partial charge in [-0.05, 0) is 13.3 Å². The molecule has 3 heteroatoms. The molecule has 0 fully saturated rings. The monoisotopic (exact) mass is 183 g/mol. The van der Waals surface area contributed by atoms with E-state index < -0.39 is 6.04 Å². The number of ketones is 1. The molecule has 13 heavy (non-hydrogen) atoms. The molecule has 1 atom stereocenters. The number of rotatable bonds is 5. The van der Waals surface area contributed by atoms with Crippen molar-refractivity contribution in [1.29, 1.82) is 0 Å². The van der Waals surface area contributed by atoms with E-state index in [1.54, 1.807) is 19.9 Å². The summed E-state index contributed by atoms with van der Waals surface area (Å²) in [7, 11) is 0. The van der Waals surface area contributed by atoms with Gasteiger partial charge in [-0.2, -0.15) is 0 Å². The van der Waals surface area contributed by atoms with E-state index in [9.17, 15) is 9.59 Å². The minimum absolute atomic E-state index is 0.0334. The van der Waals surface area contributed by atoms with Crippen molar-refractivity contribution in [2.75, 3.05) is 0 Å². The highest BCUT2D eigenvalue weighted by molar-refractivity contribution is 5.88. The summed E-state index contributed by atoms with van der Waals surface area (Å²) in [5.74, 6) is -0.220. The fraction of sp³-hybridized carbons (Fsp3) is 0.600. The standard InChI is InChI=1S/C10H17NO2/c1-5-6-9(8(4)12)11-10(13)7(2)3/h5,7,9H,1,6H2,2-4H3,(H,11,13). The molecule has 0 aliphatic rings. The second-order valence-electron chi connectivity index (χ2n) is 3.35. The maximum Gasteiger partial charge on any atom is 0.223 e. The second-order valence-corrected chi connectivity index (χ2v) is 3.35. The van der Waals surface area contributed by atoms with Gasteiger partial charge < -0.3 is 5.32 Å². The molecule has 0 aliphatic carbocycles. The number of nitrogens with one attached hydrogen (secondary N) is 1. The molecular formula is C10H17NO2. The quantitative estimate of drug-likeness (QED) is 0.653. The molecule has 0 heterocycles. The number of carbonyl (C=O) groups excluding carboxylic acids is 2. The van der Waals surface area contributed by atoms with Crippen molar-refractivity contribution >= 4 is 11.7 Å². The van der Waals surface area contributed by atoms with Gasteiger partial charge >= 0.3 is 0 Å². The van der Waals surface area contributed by atoms with Crippen molar-refractivity contribution in [2.24, 2.45) is 5.92 Å². The SMILES string of the molecule is C=CCC(NC(=O)C(C)C)C(C)=O. The first-order valence-corrected chi connectivity index (χ1v) is 4.40. The number of hydrogen-bond acceptors (Lipinski definition) is 2. The third kappa shape index (κ3) is 4.45. The third-order valence-corrected chi connectivity index (χ3v) is 1.73. The second kappa shape index (κ2) is 5.51. The predicted molar refractivity (Wildman–Crippen MR) is 52.3 cm³/mol. The Hall–Kier alpha value is -1.12. The van der Waals surface area contributed by atoms with Gasteiger partial charge in [-0.15, -0.1) is 6.58 Å². The van der Waals surface area contributed by atoms with Gasteiger partial charge in [0, 0.05) is 5.92 Å². The molecule has 0 saturated heterocycles. The average Bonchev–Trinajstić information content (AvgIpc) is 2.03. The maximum absolute atomic E-state index is 11.2. The minimum Gasteiger partial charge on any atom is -0.346 e. The summed E-state index contributed by atoms with van der Waals surface area (Å²) >= 11 is 0. The van der Waals surface area contributed by atoms with E-state index >= 15 is 0 Å². The highest BCUT2D eigenvalue weighted by Gasteiger charge is 2.16. The zero-order chi connectivity index (χ0) is 10.4. The van der Waals surface area contributed by atoms with Crippen LogP contribution in [0.4, 0.5) is 0 Å². The smallest absolute Gasteiger partial charge is 0.223 e.